The zero-order chi connectivity index (χ0) is 20.0. The van der Waals surface area contributed by atoms with Crippen molar-refractivity contribution in [2.24, 2.45) is 5.10 Å². The fourth-order valence-electron chi connectivity index (χ4n) is 2.31. The maximum atomic E-state index is 12.9. The van der Waals surface area contributed by atoms with Gasteiger partial charge in [0.2, 0.25) is 0 Å². The fourth-order valence-corrected chi connectivity index (χ4v) is 3.32. The molecule has 0 bridgehead atoms. The Morgan fingerprint density at radius 1 is 1.04 bits per heavy atom. The van der Waals surface area contributed by atoms with Gasteiger partial charge in [0.1, 0.15) is 18.2 Å². The largest absolute Gasteiger partial charge is 0.489 e. The van der Waals surface area contributed by atoms with E-state index < -0.39 is 15.8 Å². The van der Waals surface area contributed by atoms with Crippen molar-refractivity contribution in [3.63, 3.8) is 0 Å². The fraction of sp³-hybridized carbons (Fsp3) is 0.0500. The van der Waals surface area contributed by atoms with Crippen LogP contribution < -0.4 is 9.57 Å². The standard InChI is InChI=1S/C20H16ClFN2O3S/c21-17-5-1-4-16(11-17)14-27-19-6-2-3-15(12-19)13-23-24-28(25,26)20-9-7-18(22)8-10-20/h1-13,24H,14H2. The van der Waals surface area contributed by atoms with Crippen molar-refractivity contribution >= 4 is 27.8 Å². The molecule has 28 heavy (non-hydrogen) atoms. The number of rotatable bonds is 7. The number of hydrogen-bond acceptors (Lipinski definition) is 4. The summed E-state index contributed by atoms with van der Waals surface area (Å²) in [6, 6.07) is 18.8. The smallest absolute Gasteiger partial charge is 0.276 e. The quantitative estimate of drug-likeness (QED) is 0.457. The van der Waals surface area contributed by atoms with Gasteiger partial charge in [-0.15, -0.1) is 0 Å². The van der Waals surface area contributed by atoms with Crippen LogP contribution in [-0.4, -0.2) is 14.6 Å². The Morgan fingerprint density at radius 2 is 1.79 bits per heavy atom. The summed E-state index contributed by atoms with van der Waals surface area (Å²) in [7, 11) is -3.87. The summed E-state index contributed by atoms with van der Waals surface area (Å²) >= 11 is 5.95. The van der Waals surface area contributed by atoms with E-state index in [4.69, 9.17) is 16.3 Å². The topological polar surface area (TPSA) is 67.8 Å². The minimum Gasteiger partial charge on any atom is -0.489 e. The molecule has 0 aliphatic carbocycles. The van der Waals surface area contributed by atoms with Gasteiger partial charge in [-0.2, -0.15) is 13.5 Å². The van der Waals surface area contributed by atoms with Gasteiger partial charge in [0.25, 0.3) is 10.0 Å². The molecule has 144 valence electrons. The molecule has 1 N–H and O–H groups in total. The number of halogens is 2. The minimum atomic E-state index is -3.87. The average molecular weight is 419 g/mol. The highest BCUT2D eigenvalue weighted by atomic mass is 35.5. The molecule has 0 radical (unpaired) electrons. The molecule has 0 fully saturated rings. The van der Waals surface area contributed by atoms with Gasteiger partial charge in [-0.1, -0.05) is 35.9 Å². The third-order valence-corrected chi connectivity index (χ3v) is 5.14. The highest BCUT2D eigenvalue weighted by Gasteiger charge is 2.12. The van der Waals surface area contributed by atoms with Gasteiger partial charge in [0.05, 0.1) is 11.1 Å². The van der Waals surface area contributed by atoms with Crippen molar-refractivity contribution in [2.45, 2.75) is 11.5 Å². The first-order valence-electron chi connectivity index (χ1n) is 8.20. The van der Waals surface area contributed by atoms with Crippen LogP contribution in [0.2, 0.25) is 5.02 Å². The molecule has 0 aliphatic rings. The van der Waals surface area contributed by atoms with Crippen LogP contribution in [0.5, 0.6) is 5.75 Å². The minimum absolute atomic E-state index is 0.0790. The van der Waals surface area contributed by atoms with E-state index in [9.17, 15) is 12.8 Å². The number of hydrogen-bond donors (Lipinski definition) is 1. The summed E-state index contributed by atoms with van der Waals surface area (Å²) in [6.07, 6.45) is 1.35. The van der Waals surface area contributed by atoms with Gasteiger partial charge >= 0.3 is 0 Å². The summed E-state index contributed by atoms with van der Waals surface area (Å²) in [5, 5.41) is 4.39. The summed E-state index contributed by atoms with van der Waals surface area (Å²) in [4.78, 5) is 2.01. The molecule has 3 aromatic rings. The van der Waals surface area contributed by atoms with E-state index in [2.05, 4.69) is 9.93 Å². The Morgan fingerprint density at radius 3 is 2.54 bits per heavy atom. The van der Waals surface area contributed by atoms with Crippen molar-refractivity contribution in [3.05, 3.63) is 94.8 Å². The molecule has 8 heteroatoms. The van der Waals surface area contributed by atoms with E-state index in [1.165, 1.54) is 6.21 Å². The van der Waals surface area contributed by atoms with Crippen molar-refractivity contribution in [2.75, 3.05) is 0 Å². The van der Waals surface area contributed by atoms with Gasteiger partial charge < -0.3 is 4.74 Å². The maximum Gasteiger partial charge on any atom is 0.276 e. The predicted molar refractivity (Wildman–Crippen MR) is 107 cm³/mol. The van der Waals surface area contributed by atoms with Gasteiger partial charge in [-0.3, -0.25) is 0 Å². The first kappa shape index (κ1) is 19.9. The zero-order valence-electron chi connectivity index (χ0n) is 14.5. The normalized spacial score (nSPS) is 11.5. The van der Waals surface area contributed by atoms with Crippen LogP contribution in [0.1, 0.15) is 11.1 Å². The molecule has 0 unspecified atom stereocenters. The third kappa shape index (κ3) is 5.55. The van der Waals surface area contributed by atoms with Gasteiger partial charge in [-0.05, 0) is 59.7 Å². The van der Waals surface area contributed by atoms with E-state index in [-0.39, 0.29) is 4.90 Å². The van der Waals surface area contributed by atoms with Crippen LogP contribution >= 0.6 is 11.6 Å². The van der Waals surface area contributed by atoms with E-state index >= 15 is 0 Å². The number of ether oxygens (including phenoxy) is 1. The Labute approximate surface area is 167 Å². The second-order valence-corrected chi connectivity index (χ2v) is 7.90. The zero-order valence-corrected chi connectivity index (χ0v) is 16.1. The number of benzene rings is 3. The van der Waals surface area contributed by atoms with Crippen LogP contribution in [-0.2, 0) is 16.6 Å². The predicted octanol–water partition coefficient (Wildman–Crippen LogP) is 4.37. The Balaban J connectivity index is 1.63. The number of sulfonamides is 1. The van der Waals surface area contributed by atoms with Crippen LogP contribution in [0.4, 0.5) is 4.39 Å². The third-order valence-electron chi connectivity index (χ3n) is 3.66. The van der Waals surface area contributed by atoms with E-state index in [1.54, 1.807) is 30.3 Å². The molecule has 0 atom stereocenters. The molecular formula is C20H16ClFN2O3S. The van der Waals surface area contributed by atoms with Gasteiger partial charge in [-0.25, -0.2) is 9.22 Å². The van der Waals surface area contributed by atoms with Crippen molar-refractivity contribution in [1.29, 1.82) is 0 Å². The number of hydrazone groups is 1. The lowest BCUT2D eigenvalue weighted by atomic mass is 10.2. The molecule has 3 rings (SSSR count). The molecule has 3 aromatic carbocycles. The SMILES string of the molecule is O=S(=O)(NN=Cc1cccc(OCc2cccc(Cl)c2)c1)c1ccc(F)cc1. The second kappa shape index (κ2) is 8.86. The maximum absolute atomic E-state index is 12.9. The van der Waals surface area contributed by atoms with Crippen molar-refractivity contribution in [1.82, 2.24) is 4.83 Å². The highest BCUT2D eigenvalue weighted by Crippen LogP contribution is 2.16. The Hall–Kier alpha value is -2.90. The monoisotopic (exact) mass is 418 g/mol. The number of nitrogens with zero attached hydrogens (tertiary/aromatic N) is 1. The summed E-state index contributed by atoms with van der Waals surface area (Å²) in [5.74, 6) is 0.0855. The van der Waals surface area contributed by atoms with Crippen molar-refractivity contribution in [3.8, 4) is 5.75 Å². The molecule has 5 nitrogen and oxygen atoms in total. The van der Waals surface area contributed by atoms with E-state index in [0.717, 1.165) is 29.8 Å². The molecule has 0 saturated carbocycles. The summed E-state index contributed by atoms with van der Waals surface area (Å²) in [5.41, 5.74) is 1.57. The average Bonchev–Trinajstić information content (AvgIpc) is 2.67. The number of nitrogens with one attached hydrogen (secondary N) is 1. The lowest BCUT2D eigenvalue weighted by molar-refractivity contribution is 0.306. The molecule has 0 heterocycles. The van der Waals surface area contributed by atoms with E-state index in [1.807, 2.05) is 18.2 Å². The first-order chi connectivity index (χ1) is 13.4. The first-order valence-corrected chi connectivity index (χ1v) is 10.1. The Bertz CT molecular complexity index is 1090. The van der Waals surface area contributed by atoms with Crippen LogP contribution in [0.3, 0.4) is 0 Å². The molecule has 0 aliphatic heterocycles. The summed E-state index contributed by atoms with van der Waals surface area (Å²) < 4.78 is 42.8. The molecule has 0 aromatic heterocycles. The van der Waals surface area contributed by atoms with E-state index in [0.29, 0.717) is 22.9 Å². The lowest BCUT2D eigenvalue weighted by Crippen LogP contribution is -2.18. The molecule has 0 amide bonds. The van der Waals surface area contributed by atoms with Crippen LogP contribution in [0, 0.1) is 5.82 Å². The van der Waals surface area contributed by atoms with Crippen LogP contribution in [0.15, 0.2) is 82.8 Å². The van der Waals surface area contributed by atoms with Crippen molar-refractivity contribution < 1.29 is 17.5 Å². The van der Waals surface area contributed by atoms with Gasteiger partial charge in [0.15, 0.2) is 0 Å². The molecular weight excluding hydrogens is 403 g/mol. The van der Waals surface area contributed by atoms with Crippen LogP contribution in [0.25, 0.3) is 0 Å². The Kier molecular flexibility index (Phi) is 6.28. The van der Waals surface area contributed by atoms with Gasteiger partial charge in [0, 0.05) is 5.02 Å². The molecule has 0 saturated heterocycles. The lowest BCUT2D eigenvalue weighted by Gasteiger charge is -2.07. The second-order valence-electron chi connectivity index (χ2n) is 5.80. The highest BCUT2D eigenvalue weighted by molar-refractivity contribution is 7.89. The summed E-state index contributed by atoms with van der Waals surface area (Å²) in [6.45, 7) is 0.346. The molecule has 0 spiro atoms.